The largest absolute Gasteiger partial charge is 0.480 e. The third kappa shape index (κ3) is 2.89. The van der Waals surface area contributed by atoms with Crippen molar-refractivity contribution in [3.05, 3.63) is 106 Å². The van der Waals surface area contributed by atoms with Gasteiger partial charge in [-0.3, -0.25) is 4.98 Å². The summed E-state index contributed by atoms with van der Waals surface area (Å²) in [6.07, 6.45) is 4.47. The van der Waals surface area contributed by atoms with Crippen LogP contribution in [0.2, 0.25) is 5.02 Å². The zero-order valence-electron chi connectivity index (χ0n) is 16.0. The predicted molar refractivity (Wildman–Crippen MR) is 114 cm³/mol. The summed E-state index contributed by atoms with van der Waals surface area (Å²) in [5.41, 5.74) is 4.14. The number of hydrogen-bond acceptors (Lipinski definition) is 5. The first kappa shape index (κ1) is 18.1. The summed E-state index contributed by atoms with van der Waals surface area (Å²) in [7, 11) is 0. The van der Waals surface area contributed by atoms with Crippen molar-refractivity contribution in [3.63, 3.8) is 0 Å². The number of anilines is 1. The maximum atomic E-state index is 14.2. The molecule has 152 valence electrons. The minimum Gasteiger partial charge on any atom is -0.480 e. The van der Waals surface area contributed by atoms with Crippen LogP contribution in [0, 0.1) is 5.82 Å². The van der Waals surface area contributed by atoms with Gasteiger partial charge >= 0.3 is 0 Å². The Kier molecular flexibility index (Phi) is 4.04. The molecule has 31 heavy (non-hydrogen) atoms. The molecule has 6 nitrogen and oxygen atoms in total. The number of fused-ring (bicyclic) bond motifs is 3. The maximum Gasteiger partial charge on any atom is 0.226 e. The van der Waals surface area contributed by atoms with Crippen molar-refractivity contribution in [2.75, 3.05) is 5.32 Å². The van der Waals surface area contributed by atoms with Crippen LogP contribution in [0.3, 0.4) is 0 Å². The number of ether oxygens (including phenoxy) is 1. The van der Waals surface area contributed by atoms with Crippen LogP contribution in [0.4, 0.5) is 10.3 Å². The molecule has 0 radical (unpaired) electrons. The van der Waals surface area contributed by atoms with Crippen LogP contribution in [-0.4, -0.2) is 19.7 Å². The van der Waals surface area contributed by atoms with Gasteiger partial charge in [0.25, 0.3) is 0 Å². The van der Waals surface area contributed by atoms with Crippen LogP contribution in [-0.2, 0) is 0 Å². The van der Waals surface area contributed by atoms with Gasteiger partial charge in [0, 0.05) is 28.6 Å². The number of nitrogens with zero attached hydrogens (tertiary/aromatic N) is 4. The first-order valence-electron chi connectivity index (χ1n) is 9.71. The fraction of sp³-hybridized carbons (Fsp3) is 0.0870. The highest BCUT2D eigenvalue weighted by atomic mass is 35.5. The molecule has 2 aliphatic rings. The normalized spacial score (nSPS) is 19.0. The molecular weight excluding hydrogens is 417 g/mol. The smallest absolute Gasteiger partial charge is 0.226 e. The highest BCUT2D eigenvalue weighted by Gasteiger charge is 2.41. The maximum absolute atomic E-state index is 14.2. The Bertz CT molecular complexity index is 1340. The number of nitrogens with one attached hydrogen (secondary N) is 1. The van der Waals surface area contributed by atoms with Crippen LogP contribution < -0.4 is 10.1 Å². The van der Waals surface area contributed by atoms with Gasteiger partial charge in [-0.25, -0.2) is 9.07 Å². The van der Waals surface area contributed by atoms with Crippen molar-refractivity contribution in [1.82, 2.24) is 19.7 Å². The second-order valence-corrected chi connectivity index (χ2v) is 7.80. The third-order valence-electron chi connectivity index (χ3n) is 5.53. The van der Waals surface area contributed by atoms with Crippen LogP contribution in [0.1, 0.15) is 28.8 Å². The molecule has 0 saturated heterocycles. The molecular formula is C23H15ClFN5O. The lowest BCUT2D eigenvalue weighted by Gasteiger charge is -2.38. The summed E-state index contributed by atoms with van der Waals surface area (Å²) in [4.78, 5) is 8.68. The van der Waals surface area contributed by atoms with Crippen molar-refractivity contribution < 1.29 is 9.13 Å². The Morgan fingerprint density at radius 3 is 2.81 bits per heavy atom. The molecule has 0 saturated carbocycles. The molecule has 0 spiro atoms. The SMILES string of the molecule is Fc1cccc([C@H]2Oc3ccc(Cl)cc3C3=C2[C@H](c2cccnc2)n2ncnc2N3)c1. The fourth-order valence-corrected chi connectivity index (χ4v) is 4.42. The van der Waals surface area contributed by atoms with Crippen molar-refractivity contribution in [2.24, 2.45) is 0 Å². The Hall–Kier alpha value is -3.71. The summed E-state index contributed by atoms with van der Waals surface area (Å²) in [6.45, 7) is 0. The molecule has 1 N–H and O–H groups in total. The van der Waals surface area contributed by atoms with Gasteiger partial charge in [-0.2, -0.15) is 10.1 Å². The summed E-state index contributed by atoms with van der Waals surface area (Å²) < 4.78 is 22.4. The number of benzene rings is 2. The number of rotatable bonds is 2. The van der Waals surface area contributed by atoms with Gasteiger partial charge in [0.05, 0.1) is 5.70 Å². The highest BCUT2D eigenvalue weighted by molar-refractivity contribution is 6.30. The van der Waals surface area contributed by atoms with E-state index < -0.39 is 6.10 Å². The van der Waals surface area contributed by atoms with Crippen molar-refractivity contribution >= 4 is 23.2 Å². The van der Waals surface area contributed by atoms with E-state index in [1.807, 2.05) is 30.3 Å². The molecule has 4 heterocycles. The standard InChI is InChI=1S/C23H15ClFN5O/c24-15-6-7-18-17(10-15)20-19(22(31-18)13-3-1-5-16(25)9-13)21(14-4-2-8-26-11-14)30-23(29-20)27-12-28-30/h1-12,21-22H,(H,27,28,29)/t21-,22+/m0/s1. The van der Waals surface area contributed by atoms with Crippen LogP contribution in [0.25, 0.3) is 5.70 Å². The van der Waals surface area contributed by atoms with Crippen molar-refractivity contribution in [2.45, 2.75) is 12.1 Å². The second-order valence-electron chi connectivity index (χ2n) is 7.37. The molecule has 4 aromatic rings. The van der Waals surface area contributed by atoms with Crippen molar-refractivity contribution in [1.29, 1.82) is 0 Å². The van der Waals surface area contributed by atoms with E-state index in [4.69, 9.17) is 16.3 Å². The third-order valence-corrected chi connectivity index (χ3v) is 5.76. The van der Waals surface area contributed by atoms with E-state index in [9.17, 15) is 4.39 Å². The molecule has 0 fully saturated rings. The lowest BCUT2D eigenvalue weighted by atomic mass is 9.85. The molecule has 0 bridgehead atoms. The molecule has 0 aliphatic carbocycles. The number of aromatic nitrogens is 4. The van der Waals surface area contributed by atoms with Crippen LogP contribution in [0.5, 0.6) is 5.75 Å². The molecule has 2 aliphatic heterocycles. The molecule has 2 aromatic heterocycles. The van der Waals surface area contributed by atoms with E-state index >= 15 is 0 Å². The average molecular weight is 432 g/mol. The summed E-state index contributed by atoms with van der Waals surface area (Å²) >= 11 is 6.32. The lowest BCUT2D eigenvalue weighted by Crippen LogP contribution is -2.32. The minimum atomic E-state index is -0.547. The van der Waals surface area contributed by atoms with E-state index in [2.05, 4.69) is 20.4 Å². The zero-order chi connectivity index (χ0) is 20.9. The highest BCUT2D eigenvalue weighted by Crippen LogP contribution is 2.50. The van der Waals surface area contributed by atoms with E-state index in [1.54, 1.807) is 29.2 Å². The topological polar surface area (TPSA) is 64.9 Å². The van der Waals surface area contributed by atoms with E-state index in [0.29, 0.717) is 22.3 Å². The van der Waals surface area contributed by atoms with Gasteiger partial charge in [0.1, 0.15) is 30.0 Å². The Morgan fingerprint density at radius 1 is 1.06 bits per heavy atom. The van der Waals surface area contributed by atoms with Crippen molar-refractivity contribution in [3.8, 4) is 5.75 Å². The Labute approximate surface area is 182 Å². The van der Waals surface area contributed by atoms with Gasteiger partial charge in [0.2, 0.25) is 5.95 Å². The van der Waals surface area contributed by atoms with E-state index in [0.717, 1.165) is 22.4 Å². The Morgan fingerprint density at radius 2 is 1.97 bits per heavy atom. The van der Waals surface area contributed by atoms with Crippen LogP contribution in [0.15, 0.2) is 78.9 Å². The molecule has 6 rings (SSSR count). The minimum absolute atomic E-state index is 0.326. The predicted octanol–water partition coefficient (Wildman–Crippen LogP) is 5.03. The zero-order valence-corrected chi connectivity index (χ0v) is 16.8. The second kappa shape index (κ2) is 6.92. The van der Waals surface area contributed by atoms with Gasteiger partial charge in [-0.15, -0.1) is 0 Å². The van der Waals surface area contributed by atoms with E-state index in [-0.39, 0.29) is 11.9 Å². The Balaban J connectivity index is 1.65. The summed E-state index contributed by atoms with van der Waals surface area (Å²) in [6, 6.07) is 15.4. The van der Waals surface area contributed by atoms with Crippen LogP contribution >= 0.6 is 11.6 Å². The first-order chi connectivity index (χ1) is 15.2. The van der Waals surface area contributed by atoms with E-state index in [1.165, 1.54) is 18.5 Å². The number of pyridine rings is 1. The average Bonchev–Trinajstić information content (AvgIpc) is 3.26. The summed E-state index contributed by atoms with van der Waals surface area (Å²) in [5.74, 6) is 0.925. The quantitative estimate of drug-likeness (QED) is 0.482. The number of hydrogen-bond donors (Lipinski definition) is 1. The molecule has 8 heteroatoms. The molecule has 2 aromatic carbocycles. The fourth-order valence-electron chi connectivity index (χ4n) is 4.24. The summed E-state index contributed by atoms with van der Waals surface area (Å²) in [5, 5.41) is 8.43. The number of halogens is 2. The molecule has 0 unspecified atom stereocenters. The molecule has 2 atom stereocenters. The van der Waals surface area contributed by atoms with Gasteiger partial charge in [0.15, 0.2) is 0 Å². The van der Waals surface area contributed by atoms with Gasteiger partial charge in [-0.05, 0) is 47.5 Å². The van der Waals surface area contributed by atoms with Gasteiger partial charge < -0.3 is 10.1 Å². The first-order valence-corrected chi connectivity index (χ1v) is 10.1. The lowest BCUT2D eigenvalue weighted by molar-refractivity contribution is 0.222. The van der Waals surface area contributed by atoms with Gasteiger partial charge in [-0.1, -0.05) is 29.8 Å². The molecule has 0 amide bonds. The monoisotopic (exact) mass is 431 g/mol.